The van der Waals surface area contributed by atoms with Gasteiger partial charge in [-0.1, -0.05) is 18.2 Å². The molecule has 25 heteroatoms. The van der Waals surface area contributed by atoms with E-state index < -0.39 is 55.8 Å². The smallest absolute Gasteiger partial charge is 0.278 e. The zero-order chi connectivity index (χ0) is 52.1. The van der Waals surface area contributed by atoms with Crippen molar-refractivity contribution >= 4 is 68.2 Å². The number of aryl methyl sites for hydroxylation is 2. The summed E-state index contributed by atoms with van der Waals surface area (Å²) >= 11 is 0. The van der Waals surface area contributed by atoms with Crippen molar-refractivity contribution in [1.29, 1.82) is 0 Å². The summed E-state index contributed by atoms with van der Waals surface area (Å²) < 4.78 is 77.0. The summed E-state index contributed by atoms with van der Waals surface area (Å²) in [4.78, 5) is 75.9. The van der Waals surface area contributed by atoms with Crippen molar-refractivity contribution in [2.75, 3.05) is 79.0 Å². The molecule has 1 aliphatic heterocycles. The highest BCUT2D eigenvalue weighted by Gasteiger charge is 2.31. The van der Waals surface area contributed by atoms with E-state index in [0.29, 0.717) is 99.3 Å². The summed E-state index contributed by atoms with van der Waals surface area (Å²) in [6, 6.07) is 17.2. The molecule has 2 radical (unpaired) electrons. The van der Waals surface area contributed by atoms with Crippen LogP contribution >= 0.6 is 22.1 Å². The average Bonchev–Trinajstić information content (AvgIpc) is 3.35. The molecule has 2 amide bonds. The first-order chi connectivity index (χ1) is 33.2. The number of benzene rings is 1. The van der Waals surface area contributed by atoms with Crippen LogP contribution in [-0.4, -0.2) is 161 Å². The van der Waals surface area contributed by atoms with Gasteiger partial charge in [0, 0.05) is 110 Å². The van der Waals surface area contributed by atoms with E-state index in [4.69, 9.17) is 12.6 Å². The maximum absolute atomic E-state index is 13.1. The molecule has 0 aliphatic carbocycles. The van der Waals surface area contributed by atoms with Crippen LogP contribution in [-0.2, 0) is 53.0 Å². The number of nitrogens with one attached hydrogen (secondary N) is 2. The van der Waals surface area contributed by atoms with E-state index in [1.54, 1.807) is 42.5 Å². The fraction of sp³-hybridized carbons (Fsp3) is 0.457. The summed E-state index contributed by atoms with van der Waals surface area (Å²) in [5.74, 6) is 5.16. The van der Waals surface area contributed by atoms with Crippen LogP contribution in [0.15, 0.2) is 60.7 Å². The second kappa shape index (κ2) is 25.4. The van der Waals surface area contributed by atoms with E-state index in [-0.39, 0.29) is 42.2 Å². The number of pyridine rings is 3. The van der Waals surface area contributed by atoms with Gasteiger partial charge >= 0.3 is 0 Å². The Balaban J connectivity index is 1.28. The Bertz CT molecular complexity index is 2770. The molecule has 0 spiro atoms. The third kappa shape index (κ3) is 19.1. The Morgan fingerprint density at radius 3 is 1.58 bits per heavy atom. The monoisotopic (exact) mass is 1050 g/mol. The second-order valence-electron chi connectivity index (χ2n) is 17.8. The van der Waals surface area contributed by atoms with Crippen LogP contribution in [0.4, 0.5) is 0 Å². The maximum Gasteiger partial charge on any atom is 0.278 e. The van der Waals surface area contributed by atoms with Gasteiger partial charge in [0.05, 0.1) is 31.5 Å². The van der Waals surface area contributed by atoms with E-state index in [1.165, 1.54) is 26.1 Å². The molecule has 6 N–H and O–H groups in total. The molecule has 5 rings (SSSR count). The Kier molecular flexibility index (Phi) is 20.5. The maximum atomic E-state index is 13.1. The van der Waals surface area contributed by atoms with Gasteiger partial charge in [0.25, 0.3) is 10.1 Å². The van der Waals surface area contributed by atoms with E-state index in [9.17, 15) is 50.9 Å². The minimum absolute atomic E-state index is 0.00591. The molecule has 4 atom stereocenters. The van der Waals surface area contributed by atoms with Crippen LogP contribution in [0.5, 0.6) is 5.75 Å². The van der Waals surface area contributed by atoms with Crippen LogP contribution < -0.4 is 31.7 Å². The van der Waals surface area contributed by atoms with Crippen molar-refractivity contribution in [3.05, 3.63) is 100.0 Å². The van der Waals surface area contributed by atoms with Gasteiger partial charge in [-0.15, -0.1) is 0 Å². The van der Waals surface area contributed by atoms with Crippen molar-refractivity contribution in [3.63, 3.8) is 0 Å². The van der Waals surface area contributed by atoms with E-state index >= 15 is 0 Å². The number of amides is 2. The molecule has 20 nitrogen and oxygen atoms in total. The molecule has 1 aliphatic rings. The Morgan fingerprint density at radius 2 is 1.14 bits per heavy atom. The third-order valence-corrected chi connectivity index (χ3v) is 15.5. The molecular weight excluding hydrogens is 992 g/mol. The van der Waals surface area contributed by atoms with Crippen LogP contribution in [0.25, 0.3) is 0 Å². The molecular formula is C46H62BN8O12P3S. The van der Waals surface area contributed by atoms with E-state index in [1.807, 2.05) is 26.0 Å². The minimum atomic E-state index is -4.80. The molecule has 4 aromatic rings. The summed E-state index contributed by atoms with van der Waals surface area (Å²) in [5, 5.41) is 2.80. The summed E-state index contributed by atoms with van der Waals surface area (Å²) in [5.41, 5.74) is 4.85. The number of ether oxygens (including phenoxy) is 1. The van der Waals surface area contributed by atoms with Gasteiger partial charge in [-0.3, -0.25) is 42.5 Å². The largest absolute Gasteiger partial charge is 0.494 e. The van der Waals surface area contributed by atoms with Crippen molar-refractivity contribution < 1.29 is 55.7 Å². The standard InChI is InChI=1S/C46H62BN8O12P3S/c1-33-23-37(50-43(25-33)68(3,58)59)30-53-16-17-54(31-38-24-34(2)26-44(51-38)69(4,60)61)19-21-55(20-18-53)32-39-27-36(28-45(52-39)70(5,62)63)8-7-35-9-11-40(12-10-35)67-22-6-15-48-46(57)41(71(64,65)66)29-49-42(56)13-14-47/h9-12,23-28,41H,6,13-22,29-32H2,1-5H3,(H,48,57)(H,49,56)(H,58,59)(H,60,61)(H,62,63)(H,64,65,66). The number of hydrogen-bond acceptors (Lipinski definition) is 14. The lowest BCUT2D eigenvalue weighted by atomic mass is 10.0. The highest BCUT2D eigenvalue weighted by molar-refractivity contribution is 7.87. The fourth-order valence-electron chi connectivity index (χ4n) is 7.44. The number of carbonyl (C=O) groups is 2. The van der Waals surface area contributed by atoms with Crippen LogP contribution in [0.2, 0.25) is 6.32 Å². The summed E-state index contributed by atoms with van der Waals surface area (Å²) in [6.45, 7) is 11.7. The molecule has 1 aromatic carbocycles. The van der Waals surface area contributed by atoms with Gasteiger partial charge in [-0.2, -0.15) is 8.42 Å². The molecule has 0 saturated carbocycles. The van der Waals surface area contributed by atoms with Crippen LogP contribution in [0.1, 0.15) is 52.2 Å². The van der Waals surface area contributed by atoms with Crippen LogP contribution in [0, 0.1) is 25.7 Å². The van der Waals surface area contributed by atoms with Crippen molar-refractivity contribution in [2.24, 2.45) is 0 Å². The molecule has 1 fully saturated rings. The number of aromatic nitrogens is 3. The van der Waals surface area contributed by atoms with Gasteiger partial charge in [0.1, 0.15) is 22.1 Å². The van der Waals surface area contributed by atoms with E-state index in [0.717, 1.165) is 11.1 Å². The number of nitrogens with zero attached hydrogens (tertiary/aromatic N) is 6. The number of hydrogen-bond donors (Lipinski definition) is 6. The topological polar surface area (TPSA) is 282 Å². The molecule has 382 valence electrons. The van der Waals surface area contributed by atoms with Crippen molar-refractivity contribution in [3.8, 4) is 17.6 Å². The molecule has 4 heterocycles. The Hall–Kier alpha value is -4.61. The predicted molar refractivity (Wildman–Crippen MR) is 273 cm³/mol. The molecule has 0 bridgehead atoms. The van der Waals surface area contributed by atoms with Gasteiger partial charge in [-0.05, 0) is 92.1 Å². The Morgan fingerprint density at radius 1 is 0.704 bits per heavy atom. The normalized spacial score (nSPS) is 17.1. The molecule has 4 unspecified atom stereocenters. The Labute approximate surface area is 416 Å². The quantitative estimate of drug-likeness (QED) is 0.0241. The molecule has 3 aromatic heterocycles. The second-order valence-corrected chi connectivity index (χ2v) is 26.0. The highest BCUT2D eigenvalue weighted by Crippen LogP contribution is 2.35. The zero-order valence-corrected chi connectivity index (χ0v) is 44.0. The van der Waals surface area contributed by atoms with Crippen LogP contribution in [0.3, 0.4) is 0 Å². The molecule has 1 saturated heterocycles. The zero-order valence-electron chi connectivity index (χ0n) is 40.5. The number of carbonyl (C=O) groups excluding carboxylic acids is 2. The number of rotatable bonds is 20. The van der Waals surface area contributed by atoms with Gasteiger partial charge < -0.3 is 30.1 Å². The summed E-state index contributed by atoms with van der Waals surface area (Å²) in [7, 11) is -10.6. The highest BCUT2D eigenvalue weighted by atomic mass is 32.2. The first-order valence-corrected chi connectivity index (χ1v) is 30.6. The molecule has 71 heavy (non-hydrogen) atoms. The minimum Gasteiger partial charge on any atom is -0.494 e. The lowest BCUT2D eigenvalue weighted by Crippen LogP contribution is -2.47. The van der Waals surface area contributed by atoms with Gasteiger partial charge in [0.15, 0.2) is 5.25 Å². The first kappa shape index (κ1) is 57.3. The van der Waals surface area contributed by atoms with Gasteiger partial charge in [0.2, 0.25) is 33.9 Å². The lowest BCUT2D eigenvalue weighted by molar-refractivity contribution is -0.122. The summed E-state index contributed by atoms with van der Waals surface area (Å²) in [6.07, 6.45) is 0.257. The predicted octanol–water partition coefficient (Wildman–Crippen LogP) is 1.52. The van der Waals surface area contributed by atoms with E-state index in [2.05, 4.69) is 52.1 Å². The fourth-order valence-corrected chi connectivity index (χ4v) is 10.3. The van der Waals surface area contributed by atoms with Crippen molar-refractivity contribution in [1.82, 2.24) is 40.3 Å². The van der Waals surface area contributed by atoms with Crippen molar-refractivity contribution in [2.45, 2.75) is 57.9 Å². The lowest BCUT2D eigenvalue weighted by Gasteiger charge is -2.26. The SMILES string of the molecule is [B]CCC(=O)NCC(C(=O)NCCCOc1ccc(C#Cc2cc(CN3CCN(Cc4cc(C)cc(P(C)(=O)O)n4)CCN(Cc4cc(C)cc(P(C)(=O)O)n4)CC3)nc(P(C)(=O)O)c2)cc1)S(=O)(=O)O. The first-order valence-electron chi connectivity index (χ1n) is 22.8. The third-order valence-electron chi connectivity index (χ3n) is 11.1. The average molecular weight is 1050 g/mol. The van der Waals surface area contributed by atoms with Gasteiger partial charge in [-0.25, -0.2) is 15.0 Å².